The van der Waals surface area contributed by atoms with E-state index in [1.54, 1.807) is 12.1 Å². The number of nitrogens with zero attached hydrogens (tertiary/aromatic N) is 1. The molecule has 0 saturated carbocycles. The summed E-state index contributed by atoms with van der Waals surface area (Å²) in [5, 5.41) is 3.09. The highest BCUT2D eigenvalue weighted by Gasteiger charge is 2.17. The van der Waals surface area contributed by atoms with E-state index in [0.717, 1.165) is 16.0 Å². The van der Waals surface area contributed by atoms with Crippen molar-refractivity contribution in [3.8, 4) is 11.5 Å². The van der Waals surface area contributed by atoms with Gasteiger partial charge in [-0.15, -0.1) is 0 Å². The van der Waals surface area contributed by atoms with Crippen LogP contribution in [0.4, 0.5) is 5.13 Å². The fourth-order valence-corrected chi connectivity index (χ4v) is 4.68. The van der Waals surface area contributed by atoms with Crippen LogP contribution in [-0.4, -0.2) is 38.8 Å². The fraction of sp³-hybridized carbons (Fsp3) is 0.263. The first-order valence-corrected chi connectivity index (χ1v) is 11.1. The number of aromatic nitrogens is 1. The number of nitrogens with one attached hydrogen (secondary N) is 1. The van der Waals surface area contributed by atoms with Crippen molar-refractivity contribution in [1.29, 1.82) is 0 Å². The van der Waals surface area contributed by atoms with E-state index >= 15 is 0 Å². The Kier molecular flexibility index (Phi) is 6.15. The van der Waals surface area contributed by atoms with Gasteiger partial charge in [0.1, 0.15) is 11.5 Å². The molecule has 7 nitrogen and oxygen atoms in total. The number of fused-ring (bicyclic) bond motifs is 1. The second-order valence-electron chi connectivity index (χ2n) is 5.87. The van der Waals surface area contributed by atoms with Gasteiger partial charge in [-0.05, 0) is 49.4 Å². The number of anilines is 1. The van der Waals surface area contributed by atoms with Crippen molar-refractivity contribution in [2.45, 2.75) is 18.2 Å². The minimum absolute atomic E-state index is 0.157. The largest absolute Gasteiger partial charge is 0.497 e. The number of amides is 1. The number of thiazole rings is 1. The first kappa shape index (κ1) is 20.1. The highest BCUT2D eigenvalue weighted by molar-refractivity contribution is 7.91. The predicted molar refractivity (Wildman–Crippen MR) is 109 cm³/mol. The number of hydrogen-bond donors (Lipinski definition) is 1. The highest BCUT2D eigenvalue weighted by atomic mass is 32.2. The van der Waals surface area contributed by atoms with Gasteiger partial charge in [-0.2, -0.15) is 0 Å². The molecular weight excluding hydrogens is 400 g/mol. The molecule has 0 aliphatic heterocycles. The third kappa shape index (κ3) is 4.79. The monoisotopic (exact) mass is 420 g/mol. The van der Waals surface area contributed by atoms with E-state index in [9.17, 15) is 13.2 Å². The summed E-state index contributed by atoms with van der Waals surface area (Å²) in [6, 6.07) is 11.6. The van der Waals surface area contributed by atoms with E-state index in [0.29, 0.717) is 17.5 Å². The molecule has 0 bridgehead atoms. The van der Waals surface area contributed by atoms with Crippen LogP contribution in [0, 0.1) is 0 Å². The molecule has 1 N–H and O–H groups in total. The Bertz CT molecular complexity index is 1080. The first-order chi connectivity index (χ1) is 13.4. The third-order valence-electron chi connectivity index (χ3n) is 3.93. The SMILES string of the molecule is CCOc1ccc2nc(NC(=O)CCS(=O)(=O)c3ccc(OC)cc3)sc2c1. The van der Waals surface area contributed by atoms with Gasteiger partial charge >= 0.3 is 0 Å². The summed E-state index contributed by atoms with van der Waals surface area (Å²) in [7, 11) is -2.05. The van der Waals surface area contributed by atoms with Crippen LogP contribution >= 0.6 is 11.3 Å². The van der Waals surface area contributed by atoms with E-state index in [2.05, 4.69) is 10.3 Å². The molecule has 0 fully saturated rings. The van der Waals surface area contributed by atoms with Gasteiger partial charge in [-0.25, -0.2) is 13.4 Å². The Morgan fingerprint density at radius 1 is 1.14 bits per heavy atom. The molecule has 0 aliphatic rings. The summed E-state index contributed by atoms with van der Waals surface area (Å²) in [4.78, 5) is 16.7. The van der Waals surface area contributed by atoms with Crippen molar-refractivity contribution >= 4 is 42.4 Å². The number of benzene rings is 2. The van der Waals surface area contributed by atoms with E-state index in [4.69, 9.17) is 9.47 Å². The Morgan fingerprint density at radius 3 is 2.54 bits per heavy atom. The summed E-state index contributed by atoms with van der Waals surface area (Å²) in [6.45, 7) is 2.47. The number of methoxy groups -OCH3 is 1. The molecule has 0 saturated heterocycles. The summed E-state index contributed by atoms with van der Waals surface area (Å²) in [5.41, 5.74) is 0.745. The summed E-state index contributed by atoms with van der Waals surface area (Å²) in [6.07, 6.45) is -0.158. The van der Waals surface area contributed by atoms with E-state index < -0.39 is 15.7 Å². The molecule has 0 aliphatic carbocycles. The summed E-state index contributed by atoms with van der Waals surface area (Å²) in [5.74, 6) is 0.619. The molecule has 1 amide bonds. The zero-order valence-corrected chi connectivity index (χ0v) is 17.1. The maximum Gasteiger partial charge on any atom is 0.227 e. The third-order valence-corrected chi connectivity index (χ3v) is 6.60. The average molecular weight is 421 g/mol. The van der Waals surface area contributed by atoms with Gasteiger partial charge in [0, 0.05) is 6.42 Å². The standard InChI is InChI=1S/C19H20N2O5S2/c1-3-26-14-6-9-16-17(12-14)27-19(20-16)21-18(22)10-11-28(23,24)15-7-4-13(25-2)5-8-15/h4-9,12H,3,10-11H2,1-2H3,(H,20,21,22). The van der Waals surface area contributed by atoms with Gasteiger partial charge in [0.15, 0.2) is 15.0 Å². The fourth-order valence-electron chi connectivity index (χ4n) is 2.52. The quantitative estimate of drug-likeness (QED) is 0.599. The molecular formula is C19H20N2O5S2. The van der Waals surface area contributed by atoms with Crippen LogP contribution in [0.3, 0.4) is 0 Å². The lowest BCUT2D eigenvalue weighted by Gasteiger charge is -2.06. The minimum Gasteiger partial charge on any atom is -0.497 e. The minimum atomic E-state index is -3.56. The lowest BCUT2D eigenvalue weighted by atomic mass is 10.3. The lowest BCUT2D eigenvalue weighted by Crippen LogP contribution is -2.17. The Balaban J connectivity index is 1.62. The molecule has 0 spiro atoms. The van der Waals surface area contributed by atoms with Crippen molar-refractivity contribution in [2.24, 2.45) is 0 Å². The number of carbonyl (C=O) groups excluding carboxylic acids is 1. The molecule has 0 unspecified atom stereocenters. The Hall–Kier alpha value is -2.65. The van der Waals surface area contributed by atoms with Crippen molar-refractivity contribution in [3.05, 3.63) is 42.5 Å². The molecule has 148 valence electrons. The molecule has 9 heteroatoms. The molecule has 2 aromatic carbocycles. The molecule has 0 atom stereocenters. The zero-order valence-electron chi connectivity index (χ0n) is 15.5. The van der Waals surface area contributed by atoms with Crippen LogP contribution in [-0.2, 0) is 14.6 Å². The van der Waals surface area contributed by atoms with E-state index in [1.165, 1.54) is 30.6 Å². The van der Waals surface area contributed by atoms with Crippen molar-refractivity contribution in [1.82, 2.24) is 4.98 Å². The molecule has 0 radical (unpaired) electrons. The van der Waals surface area contributed by atoms with Crippen LogP contribution in [0.25, 0.3) is 10.2 Å². The predicted octanol–water partition coefficient (Wildman–Crippen LogP) is 3.51. The van der Waals surface area contributed by atoms with Gasteiger partial charge in [0.25, 0.3) is 0 Å². The van der Waals surface area contributed by atoms with E-state index in [-0.39, 0.29) is 17.1 Å². The summed E-state index contributed by atoms with van der Waals surface area (Å²) >= 11 is 1.31. The number of hydrogen-bond acceptors (Lipinski definition) is 7. The number of carbonyl (C=O) groups is 1. The first-order valence-electron chi connectivity index (χ1n) is 8.61. The van der Waals surface area contributed by atoms with Gasteiger partial charge in [0.05, 0.1) is 34.6 Å². The molecule has 28 heavy (non-hydrogen) atoms. The van der Waals surface area contributed by atoms with Gasteiger partial charge in [0.2, 0.25) is 5.91 Å². The Morgan fingerprint density at radius 2 is 1.86 bits per heavy atom. The molecule has 1 heterocycles. The highest BCUT2D eigenvalue weighted by Crippen LogP contribution is 2.29. The zero-order chi connectivity index (χ0) is 20.1. The molecule has 1 aromatic heterocycles. The second kappa shape index (κ2) is 8.57. The lowest BCUT2D eigenvalue weighted by molar-refractivity contribution is -0.115. The van der Waals surface area contributed by atoms with Crippen LogP contribution in [0.1, 0.15) is 13.3 Å². The number of ether oxygens (including phenoxy) is 2. The van der Waals surface area contributed by atoms with Gasteiger partial charge < -0.3 is 14.8 Å². The van der Waals surface area contributed by atoms with Gasteiger partial charge in [-0.1, -0.05) is 11.3 Å². The molecule has 3 aromatic rings. The maximum absolute atomic E-state index is 12.4. The van der Waals surface area contributed by atoms with Gasteiger partial charge in [-0.3, -0.25) is 4.79 Å². The van der Waals surface area contributed by atoms with Crippen LogP contribution in [0.5, 0.6) is 11.5 Å². The summed E-state index contributed by atoms with van der Waals surface area (Å²) < 4.78 is 36.1. The molecule has 3 rings (SSSR count). The Labute approximate surface area is 167 Å². The van der Waals surface area contributed by atoms with Crippen molar-refractivity contribution in [3.63, 3.8) is 0 Å². The van der Waals surface area contributed by atoms with E-state index in [1.807, 2.05) is 25.1 Å². The average Bonchev–Trinajstić information content (AvgIpc) is 3.08. The number of sulfone groups is 1. The normalized spacial score (nSPS) is 11.4. The maximum atomic E-state index is 12.4. The smallest absolute Gasteiger partial charge is 0.227 e. The van der Waals surface area contributed by atoms with Crippen LogP contribution in [0.2, 0.25) is 0 Å². The van der Waals surface area contributed by atoms with Crippen LogP contribution < -0.4 is 14.8 Å². The van der Waals surface area contributed by atoms with Crippen LogP contribution in [0.15, 0.2) is 47.4 Å². The van der Waals surface area contributed by atoms with Crippen molar-refractivity contribution in [2.75, 3.05) is 24.8 Å². The number of rotatable bonds is 8. The second-order valence-corrected chi connectivity index (χ2v) is 9.01. The van der Waals surface area contributed by atoms with Crippen molar-refractivity contribution < 1.29 is 22.7 Å². The topological polar surface area (TPSA) is 94.6 Å².